The van der Waals surface area contributed by atoms with Gasteiger partial charge in [0.2, 0.25) is 11.8 Å². The molecule has 0 heterocycles. The predicted molar refractivity (Wildman–Crippen MR) is 70.1 cm³/mol. The van der Waals surface area contributed by atoms with Gasteiger partial charge in [-0.05, 0) is 18.8 Å². The van der Waals surface area contributed by atoms with Crippen molar-refractivity contribution >= 4 is 23.4 Å². The second-order valence-corrected chi connectivity index (χ2v) is 5.00. The highest BCUT2D eigenvalue weighted by Gasteiger charge is 2.14. The molecule has 0 N–H and O–H groups in total. The number of likely N-dealkylation sites (N-methyl/N-ethyl adjacent to an activating group) is 2. The van der Waals surface area contributed by atoms with Crippen LogP contribution in [0.3, 0.4) is 0 Å². The van der Waals surface area contributed by atoms with Crippen LogP contribution in [0.15, 0.2) is 0 Å². The van der Waals surface area contributed by atoms with E-state index in [1.165, 1.54) is 4.90 Å². The quantitative estimate of drug-likeness (QED) is 0.654. The van der Waals surface area contributed by atoms with Gasteiger partial charge >= 0.3 is 0 Å². The van der Waals surface area contributed by atoms with Crippen molar-refractivity contribution in [2.45, 2.75) is 26.7 Å². The Labute approximate surface area is 109 Å². The first-order valence-electron chi connectivity index (χ1n) is 5.92. The number of carbonyl (C=O) groups excluding carboxylic acids is 2. The average molecular weight is 263 g/mol. The van der Waals surface area contributed by atoms with Crippen LogP contribution in [0, 0.1) is 5.92 Å². The van der Waals surface area contributed by atoms with Crippen LogP contribution in [-0.4, -0.2) is 54.7 Å². The third-order valence-corrected chi connectivity index (χ3v) is 2.84. The van der Waals surface area contributed by atoms with E-state index in [1.54, 1.807) is 19.0 Å². The lowest BCUT2D eigenvalue weighted by Gasteiger charge is -2.21. The van der Waals surface area contributed by atoms with Gasteiger partial charge in [-0.15, -0.1) is 11.6 Å². The maximum atomic E-state index is 11.7. The molecular weight excluding hydrogens is 240 g/mol. The van der Waals surface area contributed by atoms with Crippen molar-refractivity contribution in [2.24, 2.45) is 5.92 Å². The number of rotatable bonds is 7. The molecule has 4 nitrogen and oxygen atoms in total. The summed E-state index contributed by atoms with van der Waals surface area (Å²) < 4.78 is 0. The molecule has 100 valence electrons. The van der Waals surface area contributed by atoms with Crippen LogP contribution < -0.4 is 0 Å². The topological polar surface area (TPSA) is 40.6 Å². The van der Waals surface area contributed by atoms with Crippen molar-refractivity contribution < 1.29 is 9.59 Å². The largest absolute Gasteiger partial charge is 0.344 e. The summed E-state index contributed by atoms with van der Waals surface area (Å²) in [4.78, 5) is 26.0. The van der Waals surface area contributed by atoms with E-state index in [-0.39, 0.29) is 24.2 Å². The van der Waals surface area contributed by atoms with Gasteiger partial charge in [0.05, 0.1) is 6.54 Å². The summed E-state index contributed by atoms with van der Waals surface area (Å²) in [6.07, 6.45) is 2.10. The maximum absolute atomic E-state index is 11.7. The van der Waals surface area contributed by atoms with Crippen molar-refractivity contribution in [3.8, 4) is 0 Å². The van der Waals surface area contributed by atoms with E-state index in [0.717, 1.165) is 19.4 Å². The summed E-state index contributed by atoms with van der Waals surface area (Å²) in [5, 5.41) is 0. The fraction of sp³-hybridized carbons (Fsp3) is 0.833. The Balaban J connectivity index is 3.93. The predicted octanol–water partition coefficient (Wildman–Crippen LogP) is 1.58. The van der Waals surface area contributed by atoms with E-state index in [2.05, 4.69) is 13.8 Å². The molecule has 0 aromatic carbocycles. The second-order valence-electron chi connectivity index (χ2n) is 4.73. The summed E-state index contributed by atoms with van der Waals surface area (Å²) in [6.45, 7) is 5.16. The van der Waals surface area contributed by atoms with Gasteiger partial charge in [-0.1, -0.05) is 13.8 Å². The highest BCUT2D eigenvalue weighted by molar-refractivity contribution is 6.27. The van der Waals surface area contributed by atoms with Gasteiger partial charge in [0.25, 0.3) is 0 Å². The monoisotopic (exact) mass is 262 g/mol. The van der Waals surface area contributed by atoms with Gasteiger partial charge in [0, 0.05) is 20.6 Å². The van der Waals surface area contributed by atoms with Crippen molar-refractivity contribution in [3.05, 3.63) is 0 Å². The van der Waals surface area contributed by atoms with Crippen molar-refractivity contribution in [1.82, 2.24) is 9.80 Å². The lowest BCUT2D eigenvalue weighted by Crippen LogP contribution is -2.40. The standard InChI is InChI=1S/C12H23ClN2O2/c1-10(2)6-5-7-14(3)12(17)9-15(4)11(16)8-13/h10H,5-9H2,1-4H3. The van der Waals surface area contributed by atoms with Gasteiger partial charge in [0.15, 0.2) is 0 Å². The summed E-state index contributed by atoms with van der Waals surface area (Å²) in [5.74, 6) is 0.297. The van der Waals surface area contributed by atoms with Crippen LogP contribution in [0.2, 0.25) is 0 Å². The minimum Gasteiger partial charge on any atom is -0.344 e. The lowest BCUT2D eigenvalue weighted by atomic mass is 10.1. The minimum absolute atomic E-state index is 0.0466. The van der Waals surface area contributed by atoms with Crippen LogP contribution in [0.1, 0.15) is 26.7 Å². The van der Waals surface area contributed by atoms with Crippen LogP contribution in [0.25, 0.3) is 0 Å². The minimum atomic E-state index is -0.226. The van der Waals surface area contributed by atoms with E-state index < -0.39 is 0 Å². The summed E-state index contributed by atoms with van der Waals surface area (Å²) >= 11 is 5.41. The normalized spacial score (nSPS) is 10.5. The van der Waals surface area contributed by atoms with Crippen LogP contribution in [-0.2, 0) is 9.59 Å². The Morgan fingerprint density at radius 1 is 1.12 bits per heavy atom. The Morgan fingerprint density at radius 2 is 1.71 bits per heavy atom. The zero-order valence-corrected chi connectivity index (χ0v) is 12.0. The molecule has 0 aliphatic heterocycles. The fourth-order valence-electron chi connectivity index (χ4n) is 1.38. The molecule has 0 radical (unpaired) electrons. The van der Waals surface area contributed by atoms with Crippen LogP contribution in [0.4, 0.5) is 0 Å². The number of carbonyl (C=O) groups is 2. The molecule has 17 heavy (non-hydrogen) atoms. The van der Waals surface area contributed by atoms with Crippen LogP contribution >= 0.6 is 11.6 Å². The molecule has 0 fully saturated rings. The summed E-state index contributed by atoms with van der Waals surface area (Å²) in [5.41, 5.74) is 0. The van der Waals surface area contributed by atoms with E-state index in [9.17, 15) is 9.59 Å². The third kappa shape index (κ3) is 7.21. The van der Waals surface area contributed by atoms with Crippen molar-refractivity contribution in [1.29, 1.82) is 0 Å². The summed E-state index contributed by atoms with van der Waals surface area (Å²) in [7, 11) is 3.35. The third-order valence-electron chi connectivity index (χ3n) is 2.61. The first kappa shape index (κ1) is 16.2. The Hall–Kier alpha value is -0.770. The first-order valence-corrected chi connectivity index (χ1v) is 6.45. The van der Waals surface area contributed by atoms with Gasteiger partial charge in [-0.2, -0.15) is 0 Å². The molecule has 0 unspecified atom stereocenters. The Kier molecular flexibility index (Phi) is 7.96. The average Bonchev–Trinajstić information content (AvgIpc) is 2.26. The highest BCUT2D eigenvalue weighted by atomic mass is 35.5. The molecule has 0 atom stereocenters. The molecule has 0 saturated carbocycles. The molecule has 2 amide bonds. The maximum Gasteiger partial charge on any atom is 0.241 e. The number of halogens is 1. The SMILES string of the molecule is CC(C)CCCN(C)C(=O)CN(C)C(=O)CCl. The number of nitrogens with zero attached hydrogens (tertiary/aromatic N) is 2. The zero-order valence-electron chi connectivity index (χ0n) is 11.2. The molecule has 0 saturated heterocycles. The first-order chi connectivity index (χ1) is 7.88. The number of hydrogen-bond acceptors (Lipinski definition) is 2. The molecule has 0 rings (SSSR count). The fourth-order valence-corrected chi connectivity index (χ4v) is 1.58. The molecule has 0 aliphatic rings. The lowest BCUT2D eigenvalue weighted by molar-refractivity contribution is -0.137. The van der Waals surface area contributed by atoms with Gasteiger partial charge in [0.1, 0.15) is 5.88 Å². The second kappa shape index (κ2) is 8.34. The number of amides is 2. The molecular formula is C12H23ClN2O2. The van der Waals surface area contributed by atoms with Gasteiger partial charge < -0.3 is 9.80 Å². The molecule has 5 heteroatoms. The van der Waals surface area contributed by atoms with Crippen LogP contribution in [0.5, 0.6) is 0 Å². The van der Waals surface area contributed by atoms with E-state index in [1.807, 2.05) is 0 Å². The Morgan fingerprint density at radius 3 is 2.18 bits per heavy atom. The molecule has 0 aromatic heterocycles. The molecule has 0 bridgehead atoms. The number of hydrogen-bond donors (Lipinski definition) is 0. The van der Waals surface area contributed by atoms with Gasteiger partial charge in [-0.3, -0.25) is 9.59 Å². The molecule has 0 aliphatic carbocycles. The molecule has 0 spiro atoms. The smallest absolute Gasteiger partial charge is 0.241 e. The van der Waals surface area contributed by atoms with E-state index >= 15 is 0 Å². The van der Waals surface area contributed by atoms with Gasteiger partial charge in [-0.25, -0.2) is 0 Å². The van der Waals surface area contributed by atoms with E-state index in [0.29, 0.717) is 5.92 Å². The highest BCUT2D eigenvalue weighted by Crippen LogP contribution is 2.04. The number of alkyl halides is 1. The summed E-state index contributed by atoms with van der Waals surface area (Å²) in [6, 6.07) is 0. The zero-order chi connectivity index (χ0) is 13.4. The molecule has 0 aromatic rings. The van der Waals surface area contributed by atoms with Crippen molar-refractivity contribution in [2.75, 3.05) is 33.1 Å². The Bertz CT molecular complexity index is 257. The van der Waals surface area contributed by atoms with E-state index in [4.69, 9.17) is 11.6 Å². The van der Waals surface area contributed by atoms with Crippen molar-refractivity contribution in [3.63, 3.8) is 0 Å².